The van der Waals surface area contributed by atoms with Crippen molar-refractivity contribution in [2.45, 2.75) is 13.8 Å². The minimum absolute atomic E-state index is 0.0877. The molecule has 0 radical (unpaired) electrons. The molecule has 0 bridgehead atoms. The summed E-state index contributed by atoms with van der Waals surface area (Å²) in [6, 6.07) is 4.06. The molecule has 19 heavy (non-hydrogen) atoms. The van der Waals surface area contributed by atoms with Crippen molar-refractivity contribution in [3.05, 3.63) is 35.1 Å². The zero-order valence-corrected chi connectivity index (χ0v) is 10.9. The number of carboxylic acid groups (broad SMARTS) is 1. The minimum Gasteiger partial charge on any atom is -0.481 e. The predicted octanol–water partition coefficient (Wildman–Crippen LogP) is 1.93. The Hall–Kier alpha value is -1.91. The molecule has 4 nitrogen and oxygen atoms in total. The second-order valence-corrected chi connectivity index (χ2v) is 5.09. The number of hydrogen-bond donors (Lipinski definition) is 1. The van der Waals surface area contributed by atoms with Crippen LogP contribution < -0.4 is 0 Å². The molecule has 0 spiro atoms. The van der Waals surface area contributed by atoms with Crippen LogP contribution >= 0.6 is 0 Å². The second-order valence-electron chi connectivity index (χ2n) is 5.09. The molecule has 2 rings (SSSR count). The number of aryl methyl sites for hydroxylation is 1. The first kappa shape index (κ1) is 13.5. The molecule has 1 aliphatic heterocycles. The van der Waals surface area contributed by atoms with Crippen LogP contribution in [0.5, 0.6) is 0 Å². The smallest absolute Gasteiger partial charge is 0.308 e. The topological polar surface area (TPSA) is 57.6 Å². The van der Waals surface area contributed by atoms with E-state index in [2.05, 4.69) is 0 Å². The third kappa shape index (κ3) is 2.59. The normalized spacial score (nSPS) is 22.6. The van der Waals surface area contributed by atoms with E-state index in [9.17, 15) is 14.0 Å². The number of carbonyl (C=O) groups is 2. The van der Waals surface area contributed by atoms with E-state index in [-0.39, 0.29) is 18.4 Å². The lowest BCUT2D eigenvalue weighted by atomic mass is 9.99. The fraction of sp³-hybridized carbons (Fsp3) is 0.429. The first-order valence-electron chi connectivity index (χ1n) is 6.18. The highest BCUT2D eigenvalue weighted by Crippen LogP contribution is 2.25. The fourth-order valence-corrected chi connectivity index (χ4v) is 2.45. The summed E-state index contributed by atoms with van der Waals surface area (Å²) in [5.41, 5.74) is 0.996. The molecule has 0 aromatic heterocycles. The van der Waals surface area contributed by atoms with Crippen molar-refractivity contribution in [1.29, 1.82) is 0 Å². The summed E-state index contributed by atoms with van der Waals surface area (Å²) in [6.07, 6.45) is 0. The Kier molecular flexibility index (Phi) is 3.55. The fourth-order valence-electron chi connectivity index (χ4n) is 2.45. The summed E-state index contributed by atoms with van der Waals surface area (Å²) in [7, 11) is 0. The van der Waals surface area contributed by atoms with Gasteiger partial charge < -0.3 is 10.0 Å². The zero-order chi connectivity index (χ0) is 14.2. The molecule has 102 valence electrons. The Morgan fingerprint density at radius 2 is 2.05 bits per heavy atom. The van der Waals surface area contributed by atoms with Crippen LogP contribution in [0.2, 0.25) is 0 Å². The van der Waals surface area contributed by atoms with E-state index >= 15 is 0 Å². The van der Waals surface area contributed by atoms with Gasteiger partial charge in [-0.15, -0.1) is 0 Å². The van der Waals surface area contributed by atoms with Gasteiger partial charge in [0.25, 0.3) is 5.91 Å². The van der Waals surface area contributed by atoms with Gasteiger partial charge in [-0.1, -0.05) is 13.0 Å². The van der Waals surface area contributed by atoms with Crippen molar-refractivity contribution in [3.8, 4) is 0 Å². The van der Waals surface area contributed by atoms with Crippen LogP contribution in [0, 0.1) is 24.6 Å². The Morgan fingerprint density at radius 3 is 2.63 bits per heavy atom. The molecule has 1 amide bonds. The second kappa shape index (κ2) is 4.99. The molecule has 1 heterocycles. The summed E-state index contributed by atoms with van der Waals surface area (Å²) < 4.78 is 13.2. The van der Waals surface area contributed by atoms with Crippen LogP contribution in [0.1, 0.15) is 22.8 Å². The number of halogens is 1. The van der Waals surface area contributed by atoms with E-state index < -0.39 is 17.7 Å². The molecule has 2 unspecified atom stereocenters. The predicted molar refractivity (Wildman–Crippen MR) is 67.3 cm³/mol. The lowest BCUT2D eigenvalue weighted by molar-refractivity contribution is -0.142. The summed E-state index contributed by atoms with van der Waals surface area (Å²) >= 11 is 0. The molecule has 1 fully saturated rings. The average molecular weight is 265 g/mol. The van der Waals surface area contributed by atoms with Gasteiger partial charge in [0.05, 0.1) is 5.92 Å². The number of benzene rings is 1. The van der Waals surface area contributed by atoms with Crippen molar-refractivity contribution < 1.29 is 19.1 Å². The summed E-state index contributed by atoms with van der Waals surface area (Å²) in [5, 5.41) is 9.05. The SMILES string of the molecule is Cc1ccc(F)cc1C(=O)N1CC(C)C(C(=O)O)C1. The number of nitrogens with zero attached hydrogens (tertiary/aromatic N) is 1. The number of likely N-dealkylation sites (tertiary alicyclic amines) is 1. The molecular formula is C14H16FNO3. The maximum Gasteiger partial charge on any atom is 0.308 e. The molecule has 0 saturated carbocycles. The Balaban J connectivity index is 2.22. The number of rotatable bonds is 2. The quantitative estimate of drug-likeness (QED) is 0.888. The van der Waals surface area contributed by atoms with E-state index in [1.807, 2.05) is 6.92 Å². The number of carboxylic acids is 1. The molecule has 0 aliphatic carbocycles. The number of amides is 1. The standard InChI is InChI=1S/C14H16FNO3/c1-8-3-4-10(15)5-11(8)13(17)16-6-9(2)12(7-16)14(18)19/h3-5,9,12H,6-7H2,1-2H3,(H,18,19). The maximum atomic E-state index is 13.2. The molecular weight excluding hydrogens is 249 g/mol. The van der Waals surface area contributed by atoms with Gasteiger partial charge in [0.15, 0.2) is 0 Å². The summed E-state index contributed by atoms with van der Waals surface area (Å²) in [4.78, 5) is 24.8. The maximum absolute atomic E-state index is 13.2. The summed E-state index contributed by atoms with van der Waals surface area (Å²) in [6.45, 7) is 4.13. The van der Waals surface area contributed by atoms with Crippen LogP contribution in [0.15, 0.2) is 18.2 Å². The van der Waals surface area contributed by atoms with Gasteiger partial charge in [-0.05, 0) is 30.5 Å². The average Bonchev–Trinajstić information content (AvgIpc) is 2.74. The molecule has 1 aliphatic rings. The van der Waals surface area contributed by atoms with Gasteiger partial charge in [-0.2, -0.15) is 0 Å². The van der Waals surface area contributed by atoms with Crippen LogP contribution in [-0.2, 0) is 4.79 Å². The van der Waals surface area contributed by atoms with Crippen molar-refractivity contribution in [3.63, 3.8) is 0 Å². The first-order chi connectivity index (χ1) is 8.90. The number of aliphatic carboxylic acids is 1. The Bertz CT molecular complexity index is 529. The lowest BCUT2D eigenvalue weighted by Crippen LogP contribution is -2.30. The lowest BCUT2D eigenvalue weighted by Gasteiger charge is -2.17. The van der Waals surface area contributed by atoms with Gasteiger partial charge in [-0.25, -0.2) is 4.39 Å². The van der Waals surface area contributed by atoms with E-state index in [0.29, 0.717) is 17.7 Å². The monoisotopic (exact) mass is 265 g/mol. The third-order valence-corrected chi connectivity index (χ3v) is 3.65. The van der Waals surface area contributed by atoms with Gasteiger partial charge in [0.2, 0.25) is 0 Å². The van der Waals surface area contributed by atoms with Gasteiger partial charge in [0.1, 0.15) is 5.82 Å². The Morgan fingerprint density at radius 1 is 1.37 bits per heavy atom. The van der Waals surface area contributed by atoms with Gasteiger partial charge in [0, 0.05) is 18.7 Å². The first-order valence-corrected chi connectivity index (χ1v) is 6.18. The van der Waals surface area contributed by atoms with Crippen molar-refractivity contribution in [1.82, 2.24) is 4.90 Å². The zero-order valence-electron chi connectivity index (χ0n) is 10.9. The highest BCUT2D eigenvalue weighted by molar-refractivity contribution is 5.96. The number of hydrogen-bond acceptors (Lipinski definition) is 2. The number of carbonyl (C=O) groups excluding carboxylic acids is 1. The third-order valence-electron chi connectivity index (χ3n) is 3.65. The largest absolute Gasteiger partial charge is 0.481 e. The van der Waals surface area contributed by atoms with Crippen LogP contribution in [-0.4, -0.2) is 35.0 Å². The molecule has 1 N–H and O–H groups in total. The molecule has 1 aromatic carbocycles. The van der Waals surface area contributed by atoms with E-state index in [0.717, 1.165) is 0 Å². The molecule has 1 saturated heterocycles. The van der Waals surface area contributed by atoms with Crippen LogP contribution in [0.3, 0.4) is 0 Å². The molecule has 5 heteroatoms. The van der Waals surface area contributed by atoms with E-state index in [1.165, 1.54) is 17.0 Å². The molecule has 2 atom stereocenters. The van der Waals surface area contributed by atoms with E-state index in [4.69, 9.17) is 5.11 Å². The van der Waals surface area contributed by atoms with Crippen molar-refractivity contribution in [2.24, 2.45) is 11.8 Å². The van der Waals surface area contributed by atoms with Crippen LogP contribution in [0.25, 0.3) is 0 Å². The Labute approximate surface area is 110 Å². The highest BCUT2D eigenvalue weighted by atomic mass is 19.1. The summed E-state index contributed by atoms with van der Waals surface area (Å²) in [5.74, 6) is -2.28. The van der Waals surface area contributed by atoms with Crippen molar-refractivity contribution >= 4 is 11.9 Å². The van der Waals surface area contributed by atoms with Crippen LogP contribution in [0.4, 0.5) is 4.39 Å². The van der Waals surface area contributed by atoms with E-state index in [1.54, 1.807) is 13.0 Å². The van der Waals surface area contributed by atoms with Crippen molar-refractivity contribution in [2.75, 3.05) is 13.1 Å². The van der Waals surface area contributed by atoms with Gasteiger partial charge in [-0.3, -0.25) is 9.59 Å². The molecule has 1 aromatic rings. The van der Waals surface area contributed by atoms with Gasteiger partial charge >= 0.3 is 5.97 Å². The minimum atomic E-state index is -0.890. The highest BCUT2D eigenvalue weighted by Gasteiger charge is 2.37.